The van der Waals surface area contributed by atoms with Gasteiger partial charge in [0.05, 0.1) is 0 Å². The molecule has 1 aliphatic heterocycles. The molecule has 18 heavy (non-hydrogen) atoms. The Morgan fingerprint density at radius 3 is 2.94 bits per heavy atom. The molecular formula is C11H15N5O2. The van der Waals surface area contributed by atoms with Crippen molar-refractivity contribution < 1.29 is 9.59 Å². The minimum atomic E-state index is -0.230. The molecule has 1 aromatic rings. The summed E-state index contributed by atoms with van der Waals surface area (Å²) in [5.74, 6) is 0.474. The molecule has 0 saturated carbocycles. The van der Waals surface area contributed by atoms with E-state index in [0.717, 1.165) is 11.5 Å². The fraction of sp³-hybridized carbons (Fsp3) is 0.455. The van der Waals surface area contributed by atoms with E-state index in [-0.39, 0.29) is 11.8 Å². The fourth-order valence-electron chi connectivity index (χ4n) is 1.65. The first-order valence-corrected chi connectivity index (χ1v) is 5.79. The molecule has 0 bridgehead atoms. The predicted molar refractivity (Wildman–Crippen MR) is 64.9 cm³/mol. The molecule has 0 saturated heterocycles. The molecule has 7 nitrogen and oxygen atoms in total. The van der Waals surface area contributed by atoms with Crippen LogP contribution in [-0.4, -0.2) is 34.0 Å². The maximum atomic E-state index is 11.7. The molecule has 0 atom stereocenters. The van der Waals surface area contributed by atoms with Crippen molar-refractivity contribution in [3.05, 3.63) is 17.7 Å². The van der Waals surface area contributed by atoms with Crippen LogP contribution in [0.25, 0.3) is 0 Å². The minimum Gasteiger partial charge on any atom is -0.351 e. The van der Waals surface area contributed by atoms with Crippen LogP contribution in [0.15, 0.2) is 11.3 Å². The minimum absolute atomic E-state index is 0.153. The van der Waals surface area contributed by atoms with E-state index in [1.54, 1.807) is 6.20 Å². The SMILES string of the molecule is Cc1ncc(CCNC(=O)C2=NNC(=O)CC2)[nH]1. The standard InChI is InChI=1S/C11H15N5O2/c1-7-13-6-8(14-7)4-5-12-11(18)9-2-3-10(17)16-15-9/h6H,2-5H2,1H3,(H,12,18)(H,13,14)(H,16,17). The van der Waals surface area contributed by atoms with Gasteiger partial charge in [0.1, 0.15) is 11.5 Å². The highest BCUT2D eigenvalue weighted by Gasteiger charge is 2.17. The summed E-state index contributed by atoms with van der Waals surface area (Å²) >= 11 is 0. The number of carbonyl (C=O) groups is 2. The molecule has 2 amide bonds. The number of imidazole rings is 1. The van der Waals surface area contributed by atoms with E-state index in [1.807, 2.05) is 6.92 Å². The molecule has 1 aliphatic rings. The predicted octanol–water partition coefficient (Wildman–Crippen LogP) is -0.357. The Bertz CT molecular complexity index is 491. The highest BCUT2D eigenvalue weighted by Crippen LogP contribution is 2.00. The van der Waals surface area contributed by atoms with Crippen molar-refractivity contribution in [3.63, 3.8) is 0 Å². The van der Waals surface area contributed by atoms with Crippen molar-refractivity contribution in [3.8, 4) is 0 Å². The molecule has 0 aliphatic carbocycles. The van der Waals surface area contributed by atoms with Crippen LogP contribution in [0.2, 0.25) is 0 Å². The smallest absolute Gasteiger partial charge is 0.267 e. The second kappa shape index (κ2) is 5.44. The van der Waals surface area contributed by atoms with Crippen LogP contribution in [0.4, 0.5) is 0 Å². The van der Waals surface area contributed by atoms with Crippen LogP contribution >= 0.6 is 0 Å². The van der Waals surface area contributed by atoms with Crippen molar-refractivity contribution in [2.75, 3.05) is 6.54 Å². The van der Waals surface area contributed by atoms with Crippen molar-refractivity contribution in [2.45, 2.75) is 26.2 Å². The number of nitrogens with zero attached hydrogens (tertiary/aromatic N) is 2. The van der Waals surface area contributed by atoms with Gasteiger partial charge in [0, 0.05) is 37.7 Å². The van der Waals surface area contributed by atoms with Gasteiger partial charge in [-0.2, -0.15) is 5.10 Å². The van der Waals surface area contributed by atoms with Gasteiger partial charge >= 0.3 is 0 Å². The summed E-state index contributed by atoms with van der Waals surface area (Å²) in [6, 6.07) is 0. The first-order chi connectivity index (χ1) is 8.65. The highest BCUT2D eigenvalue weighted by atomic mass is 16.2. The number of H-pyrrole nitrogens is 1. The number of nitrogens with one attached hydrogen (secondary N) is 3. The third-order valence-corrected chi connectivity index (χ3v) is 2.60. The quantitative estimate of drug-likeness (QED) is 0.679. The third kappa shape index (κ3) is 3.16. The lowest BCUT2D eigenvalue weighted by Crippen LogP contribution is -2.37. The highest BCUT2D eigenvalue weighted by molar-refractivity contribution is 6.39. The number of hydrogen-bond acceptors (Lipinski definition) is 4. The summed E-state index contributed by atoms with van der Waals surface area (Å²) in [6.07, 6.45) is 3.14. The normalized spacial score (nSPS) is 14.9. The van der Waals surface area contributed by atoms with E-state index in [9.17, 15) is 9.59 Å². The van der Waals surface area contributed by atoms with Crippen molar-refractivity contribution in [2.24, 2.45) is 5.10 Å². The summed E-state index contributed by atoms with van der Waals surface area (Å²) in [4.78, 5) is 29.7. The number of aromatic amines is 1. The van der Waals surface area contributed by atoms with Gasteiger partial charge in [-0.1, -0.05) is 0 Å². The molecule has 0 radical (unpaired) electrons. The average molecular weight is 249 g/mol. The van der Waals surface area contributed by atoms with Gasteiger partial charge in [0.25, 0.3) is 5.91 Å². The monoisotopic (exact) mass is 249 g/mol. The lowest BCUT2D eigenvalue weighted by Gasteiger charge is -2.11. The van der Waals surface area contributed by atoms with Gasteiger partial charge in [-0.3, -0.25) is 9.59 Å². The Labute approximate surface area is 104 Å². The maximum Gasteiger partial charge on any atom is 0.267 e. The lowest BCUT2D eigenvalue weighted by atomic mass is 10.1. The van der Waals surface area contributed by atoms with Crippen molar-refractivity contribution >= 4 is 17.5 Å². The first-order valence-electron chi connectivity index (χ1n) is 5.79. The summed E-state index contributed by atoms with van der Waals surface area (Å²) in [6.45, 7) is 2.38. The van der Waals surface area contributed by atoms with E-state index in [2.05, 4.69) is 25.8 Å². The van der Waals surface area contributed by atoms with Crippen LogP contribution in [0.3, 0.4) is 0 Å². The van der Waals surface area contributed by atoms with Gasteiger partial charge in [-0.25, -0.2) is 10.4 Å². The molecule has 0 unspecified atom stereocenters. The van der Waals surface area contributed by atoms with Crippen LogP contribution in [0.1, 0.15) is 24.4 Å². The Morgan fingerprint density at radius 2 is 2.33 bits per heavy atom. The number of amides is 2. The molecule has 7 heteroatoms. The third-order valence-electron chi connectivity index (χ3n) is 2.60. The van der Waals surface area contributed by atoms with Gasteiger partial charge in [0.15, 0.2) is 0 Å². The van der Waals surface area contributed by atoms with Crippen LogP contribution in [0, 0.1) is 6.92 Å². The van der Waals surface area contributed by atoms with Crippen molar-refractivity contribution in [1.82, 2.24) is 20.7 Å². The molecule has 96 valence electrons. The van der Waals surface area contributed by atoms with Crippen LogP contribution in [-0.2, 0) is 16.0 Å². The van der Waals surface area contributed by atoms with Gasteiger partial charge in [-0.15, -0.1) is 0 Å². The number of aryl methyl sites for hydroxylation is 1. The summed E-state index contributed by atoms with van der Waals surface area (Å²) in [5, 5.41) is 6.48. The second-order valence-corrected chi connectivity index (χ2v) is 4.09. The number of carbonyl (C=O) groups excluding carboxylic acids is 2. The average Bonchev–Trinajstić information content (AvgIpc) is 2.76. The van der Waals surface area contributed by atoms with Gasteiger partial charge < -0.3 is 10.3 Å². The van der Waals surface area contributed by atoms with Gasteiger partial charge in [-0.05, 0) is 6.92 Å². The molecule has 3 N–H and O–H groups in total. The zero-order valence-electron chi connectivity index (χ0n) is 10.1. The first kappa shape index (κ1) is 12.3. The lowest BCUT2D eigenvalue weighted by molar-refractivity contribution is -0.121. The molecule has 0 spiro atoms. The largest absolute Gasteiger partial charge is 0.351 e. The Balaban J connectivity index is 1.77. The molecule has 0 aromatic carbocycles. The van der Waals surface area contributed by atoms with E-state index in [0.29, 0.717) is 31.5 Å². The zero-order chi connectivity index (χ0) is 13.0. The summed E-state index contributed by atoms with van der Waals surface area (Å²) in [5.41, 5.74) is 3.65. The second-order valence-electron chi connectivity index (χ2n) is 4.09. The van der Waals surface area contributed by atoms with E-state index < -0.39 is 0 Å². The molecular weight excluding hydrogens is 234 g/mol. The van der Waals surface area contributed by atoms with Crippen LogP contribution < -0.4 is 10.7 Å². The van der Waals surface area contributed by atoms with Crippen LogP contribution in [0.5, 0.6) is 0 Å². The van der Waals surface area contributed by atoms with E-state index in [4.69, 9.17) is 0 Å². The maximum absolute atomic E-state index is 11.7. The molecule has 0 fully saturated rings. The molecule has 2 rings (SSSR count). The van der Waals surface area contributed by atoms with Crippen molar-refractivity contribution in [1.29, 1.82) is 0 Å². The molecule has 2 heterocycles. The summed E-state index contributed by atoms with van der Waals surface area (Å²) in [7, 11) is 0. The Morgan fingerprint density at radius 1 is 1.50 bits per heavy atom. The van der Waals surface area contributed by atoms with E-state index >= 15 is 0 Å². The summed E-state index contributed by atoms with van der Waals surface area (Å²) < 4.78 is 0. The number of hydrazone groups is 1. The number of aromatic nitrogens is 2. The van der Waals surface area contributed by atoms with E-state index in [1.165, 1.54) is 0 Å². The zero-order valence-corrected chi connectivity index (χ0v) is 10.1. The topological polar surface area (TPSA) is 99.2 Å². The molecule has 1 aromatic heterocycles. The Kier molecular flexibility index (Phi) is 3.71. The van der Waals surface area contributed by atoms with Gasteiger partial charge in [0.2, 0.25) is 5.91 Å². The number of hydrogen-bond donors (Lipinski definition) is 3. The fourth-order valence-corrected chi connectivity index (χ4v) is 1.65. The number of rotatable bonds is 4. The Hall–Kier alpha value is -2.18.